The Kier molecular flexibility index (Phi) is 3.42. The normalized spacial score (nSPS) is 23.5. The standard InChI is InChI=1S/C16H27N3/c1-16(2,3)19-9-7-13(8-10-19)15-17-11-14(18-15)12-5-4-6-12/h11-13H,4-10H2,1-3H3,(H,17,18). The maximum absolute atomic E-state index is 4.87. The Labute approximate surface area is 116 Å². The number of piperidine rings is 1. The van der Waals surface area contributed by atoms with Crippen molar-refractivity contribution in [2.45, 2.75) is 70.3 Å². The zero-order valence-electron chi connectivity index (χ0n) is 12.6. The minimum Gasteiger partial charge on any atom is -0.348 e. The zero-order valence-corrected chi connectivity index (χ0v) is 12.6. The van der Waals surface area contributed by atoms with Crippen molar-refractivity contribution in [1.82, 2.24) is 14.9 Å². The fourth-order valence-electron chi connectivity index (χ4n) is 3.30. The summed E-state index contributed by atoms with van der Waals surface area (Å²) in [6.45, 7) is 9.35. The highest BCUT2D eigenvalue weighted by Gasteiger charge is 2.29. The van der Waals surface area contributed by atoms with E-state index >= 15 is 0 Å². The van der Waals surface area contributed by atoms with Crippen molar-refractivity contribution in [3.05, 3.63) is 17.7 Å². The summed E-state index contributed by atoms with van der Waals surface area (Å²) >= 11 is 0. The molecule has 0 amide bonds. The molecule has 3 nitrogen and oxygen atoms in total. The lowest BCUT2D eigenvalue weighted by molar-refractivity contribution is 0.101. The van der Waals surface area contributed by atoms with E-state index in [2.05, 4.69) is 36.9 Å². The monoisotopic (exact) mass is 261 g/mol. The predicted molar refractivity (Wildman–Crippen MR) is 78.5 cm³/mol. The van der Waals surface area contributed by atoms with E-state index < -0.39 is 0 Å². The first-order valence-corrected chi connectivity index (χ1v) is 7.84. The van der Waals surface area contributed by atoms with Crippen LogP contribution in [0, 0.1) is 0 Å². The van der Waals surface area contributed by atoms with Crippen molar-refractivity contribution < 1.29 is 0 Å². The molecule has 2 fully saturated rings. The predicted octanol–water partition coefficient (Wildman–Crippen LogP) is 3.66. The van der Waals surface area contributed by atoms with Crippen LogP contribution in [-0.2, 0) is 0 Å². The number of imidazole rings is 1. The van der Waals surface area contributed by atoms with Crippen molar-refractivity contribution in [2.75, 3.05) is 13.1 Å². The van der Waals surface area contributed by atoms with Crippen LogP contribution < -0.4 is 0 Å². The highest BCUT2D eigenvalue weighted by molar-refractivity contribution is 5.13. The number of aromatic nitrogens is 2. The molecule has 1 N–H and O–H groups in total. The summed E-state index contributed by atoms with van der Waals surface area (Å²) in [7, 11) is 0. The Morgan fingerprint density at radius 3 is 2.32 bits per heavy atom. The summed E-state index contributed by atoms with van der Waals surface area (Å²) in [6, 6.07) is 0. The van der Waals surface area contributed by atoms with Crippen molar-refractivity contribution in [2.24, 2.45) is 0 Å². The van der Waals surface area contributed by atoms with E-state index in [1.807, 2.05) is 0 Å². The minimum absolute atomic E-state index is 0.311. The first-order chi connectivity index (χ1) is 9.04. The van der Waals surface area contributed by atoms with Crippen LogP contribution >= 0.6 is 0 Å². The average molecular weight is 261 g/mol. The molecule has 1 aliphatic heterocycles. The smallest absolute Gasteiger partial charge is 0.109 e. The van der Waals surface area contributed by atoms with Crippen LogP contribution in [0.5, 0.6) is 0 Å². The number of nitrogens with zero attached hydrogens (tertiary/aromatic N) is 2. The van der Waals surface area contributed by atoms with E-state index in [0.717, 1.165) is 5.92 Å². The van der Waals surface area contributed by atoms with Gasteiger partial charge in [-0.1, -0.05) is 6.42 Å². The number of hydrogen-bond donors (Lipinski definition) is 1. The molecule has 0 aromatic carbocycles. The second kappa shape index (κ2) is 4.93. The quantitative estimate of drug-likeness (QED) is 0.881. The molecule has 1 aromatic rings. The molecule has 0 spiro atoms. The van der Waals surface area contributed by atoms with Crippen LogP contribution in [0.1, 0.15) is 76.2 Å². The van der Waals surface area contributed by atoms with Gasteiger partial charge in [0, 0.05) is 23.6 Å². The Morgan fingerprint density at radius 2 is 1.79 bits per heavy atom. The van der Waals surface area contributed by atoms with Crippen LogP contribution in [0.2, 0.25) is 0 Å². The summed E-state index contributed by atoms with van der Waals surface area (Å²) in [5.74, 6) is 2.64. The van der Waals surface area contributed by atoms with Gasteiger partial charge in [-0.05, 0) is 59.5 Å². The number of nitrogens with one attached hydrogen (secondary N) is 1. The van der Waals surface area contributed by atoms with Crippen molar-refractivity contribution in [3.8, 4) is 0 Å². The highest BCUT2D eigenvalue weighted by Crippen LogP contribution is 2.36. The molecule has 0 unspecified atom stereocenters. The Balaban J connectivity index is 1.60. The second-order valence-corrected chi connectivity index (χ2v) is 7.27. The molecule has 106 valence electrons. The topological polar surface area (TPSA) is 31.9 Å². The van der Waals surface area contributed by atoms with E-state index in [9.17, 15) is 0 Å². The number of hydrogen-bond acceptors (Lipinski definition) is 2. The third-order valence-corrected chi connectivity index (χ3v) is 4.97. The second-order valence-electron chi connectivity index (χ2n) is 7.27. The lowest BCUT2D eigenvalue weighted by Crippen LogP contribution is -2.45. The van der Waals surface area contributed by atoms with Gasteiger partial charge in [-0.25, -0.2) is 4.98 Å². The van der Waals surface area contributed by atoms with E-state index in [1.54, 1.807) is 0 Å². The molecule has 1 saturated carbocycles. The van der Waals surface area contributed by atoms with Crippen LogP contribution in [0.25, 0.3) is 0 Å². The van der Waals surface area contributed by atoms with Gasteiger partial charge in [0.15, 0.2) is 0 Å². The average Bonchev–Trinajstić information content (AvgIpc) is 2.75. The Bertz CT molecular complexity index is 417. The minimum atomic E-state index is 0.311. The molecule has 0 radical (unpaired) electrons. The van der Waals surface area contributed by atoms with E-state index in [-0.39, 0.29) is 0 Å². The van der Waals surface area contributed by atoms with Gasteiger partial charge in [-0.15, -0.1) is 0 Å². The summed E-state index contributed by atoms with van der Waals surface area (Å²) in [5, 5.41) is 0. The first-order valence-electron chi connectivity index (χ1n) is 7.84. The van der Waals surface area contributed by atoms with E-state index in [4.69, 9.17) is 4.98 Å². The summed E-state index contributed by atoms with van der Waals surface area (Å²) in [5.41, 5.74) is 1.63. The van der Waals surface area contributed by atoms with Crippen LogP contribution in [0.3, 0.4) is 0 Å². The molecule has 0 atom stereocenters. The lowest BCUT2D eigenvalue weighted by atomic mass is 9.83. The molecule has 3 heteroatoms. The fourth-order valence-corrected chi connectivity index (χ4v) is 3.30. The number of likely N-dealkylation sites (tertiary alicyclic amines) is 1. The van der Waals surface area contributed by atoms with Gasteiger partial charge in [-0.3, -0.25) is 4.90 Å². The van der Waals surface area contributed by atoms with Crippen molar-refractivity contribution in [3.63, 3.8) is 0 Å². The maximum Gasteiger partial charge on any atom is 0.109 e. The van der Waals surface area contributed by atoms with Gasteiger partial charge < -0.3 is 4.98 Å². The van der Waals surface area contributed by atoms with Gasteiger partial charge in [0.1, 0.15) is 5.82 Å². The van der Waals surface area contributed by atoms with E-state index in [1.165, 1.54) is 56.7 Å². The van der Waals surface area contributed by atoms with Gasteiger partial charge in [0.05, 0.1) is 5.69 Å². The molecule has 2 aliphatic rings. The van der Waals surface area contributed by atoms with E-state index in [0.29, 0.717) is 11.5 Å². The first kappa shape index (κ1) is 13.2. The molecule has 1 saturated heterocycles. The molecular formula is C16H27N3. The number of H-pyrrole nitrogens is 1. The van der Waals surface area contributed by atoms with Crippen LogP contribution in [-0.4, -0.2) is 33.5 Å². The third-order valence-electron chi connectivity index (χ3n) is 4.97. The summed E-state index contributed by atoms with van der Waals surface area (Å²) < 4.78 is 0. The van der Waals surface area contributed by atoms with Gasteiger partial charge in [0.2, 0.25) is 0 Å². The Hall–Kier alpha value is -0.830. The fraction of sp³-hybridized carbons (Fsp3) is 0.812. The van der Waals surface area contributed by atoms with Gasteiger partial charge in [-0.2, -0.15) is 0 Å². The number of rotatable bonds is 2. The Morgan fingerprint density at radius 1 is 1.11 bits per heavy atom. The molecule has 1 aliphatic carbocycles. The molecule has 3 rings (SSSR count). The van der Waals surface area contributed by atoms with Crippen LogP contribution in [0.4, 0.5) is 0 Å². The highest BCUT2D eigenvalue weighted by atomic mass is 15.2. The largest absolute Gasteiger partial charge is 0.348 e. The van der Waals surface area contributed by atoms with Crippen molar-refractivity contribution in [1.29, 1.82) is 0 Å². The van der Waals surface area contributed by atoms with Crippen molar-refractivity contribution >= 4 is 0 Å². The molecular weight excluding hydrogens is 234 g/mol. The van der Waals surface area contributed by atoms with Crippen LogP contribution in [0.15, 0.2) is 6.20 Å². The molecule has 1 aromatic heterocycles. The third kappa shape index (κ3) is 2.71. The maximum atomic E-state index is 4.87. The zero-order chi connectivity index (χ0) is 13.5. The summed E-state index contributed by atoms with van der Waals surface area (Å²) in [6.07, 6.45) is 8.72. The molecule has 19 heavy (non-hydrogen) atoms. The van der Waals surface area contributed by atoms with Gasteiger partial charge in [0.25, 0.3) is 0 Å². The van der Waals surface area contributed by atoms with Gasteiger partial charge >= 0.3 is 0 Å². The lowest BCUT2D eigenvalue weighted by Gasteiger charge is -2.40. The summed E-state index contributed by atoms with van der Waals surface area (Å²) in [4.78, 5) is 10.9. The molecule has 2 heterocycles. The molecule has 0 bridgehead atoms. The SMILES string of the molecule is CC(C)(C)N1CCC(c2nc(C3CCC3)c[nH]2)CC1. The number of aromatic amines is 1.